The van der Waals surface area contributed by atoms with Crippen LogP contribution in [0.25, 0.3) is 5.65 Å². The van der Waals surface area contributed by atoms with E-state index in [0.717, 1.165) is 36.3 Å². The van der Waals surface area contributed by atoms with Crippen LogP contribution < -0.4 is 5.32 Å². The molecule has 1 N–H and O–H groups in total. The first-order valence-electron chi connectivity index (χ1n) is 7.10. The highest BCUT2D eigenvalue weighted by molar-refractivity contribution is 5.37. The van der Waals surface area contributed by atoms with Gasteiger partial charge in [0.25, 0.3) is 0 Å². The molecule has 0 aliphatic heterocycles. The average molecular weight is 254 g/mol. The van der Waals surface area contributed by atoms with Crippen molar-refractivity contribution in [3.63, 3.8) is 0 Å². The molecule has 1 saturated carbocycles. The molecule has 2 aliphatic carbocycles. The van der Waals surface area contributed by atoms with Crippen LogP contribution in [0.4, 0.5) is 0 Å². The van der Waals surface area contributed by atoms with Gasteiger partial charge in [0.2, 0.25) is 0 Å². The Morgan fingerprint density at radius 1 is 1.32 bits per heavy atom. The van der Waals surface area contributed by atoms with Gasteiger partial charge in [-0.05, 0) is 36.8 Å². The van der Waals surface area contributed by atoms with Crippen molar-refractivity contribution in [2.45, 2.75) is 25.3 Å². The summed E-state index contributed by atoms with van der Waals surface area (Å²) in [5.41, 5.74) is 0.930. The van der Waals surface area contributed by atoms with Gasteiger partial charge in [0.15, 0.2) is 5.65 Å². The second-order valence-corrected chi connectivity index (χ2v) is 5.59. The van der Waals surface area contributed by atoms with Gasteiger partial charge < -0.3 is 5.32 Å². The largest absolute Gasteiger partial charge is 0.313 e. The fourth-order valence-corrected chi connectivity index (χ4v) is 3.38. The molecular formula is C15H18N4. The molecule has 0 saturated heterocycles. The van der Waals surface area contributed by atoms with E-state index >= 15 is 0 Å². The summed E-state index contributed by atoms with van der Waals surface area (Å²) in [7, 11) is 0. The Hall–Kier alpha value is -1.68. The summed E-state index contributed by atoms with van der Waals surface area (Å²) in [4.78, 5) is 0. The molecule has 2 heterocycles. The molecule has 4 nitrogen and oxygen atoms in total. The predicted octanol–water partition coefficient (Wildman–Crippen LogP) is 1.83. The normalized spacial score (nSPS) is 28.5. The van der Waals surface area contributed by atoms with Crippen LogP contribution in [0.1, 0.15) is 18.7 Å². The van der Waals surface area contributed by atoms with Gasteiger partial charge in [-0.2, -0.15) is 0 Å². The quantitative estimate of drug-likeness (QED) is 0.846. The van der Waals surface area contributed by atoms with Gasteiger partial charge in [-0.1, -0.05) is 18.2 Å². The van der Waals surface area contributed by atoms with Crippen molar-refractivity contribution in [1.29, 1.82) is 0 Å². The van der Waals surface area contributed by atoms with Gasteiger partial charge in [0.1, 0.15) is 5.82 Å². The molecule has 2 aromatic rings. The second-order valence-electron chi connectivity index (χ2n) is 5.59. The summed E-state index contributed by atoms with van der Waals surface area (Å²) in [5.74, 6) is 2.75. The first-order chi connectivity index (χ1) is 9.42. The summed E-state index contributed by atoms with van der Waals surface area (Å²) < 4.78 is 2.07. The molecular weight excluding hydrogens is 236 g/mol. The Balaban J connectivity index is 1.36. The Morgan fingerprint density at radius 2 is 2.32 bits per heavy atom. The minimum Gasteiger partial charge on any atom is -0.313 e. The molecule has 2 aliphatic rings. The topological polar surface area (TPSA) is 42.2 Å². The van der Waals surface area contributed by atoms with Crippen LogP contribution in [0.15, 0.2) is 36.5 Å². The smallest absolute Gasteiger partial charge is 0.160 e. The molecule has 0 aromatic carbocycles. The summed E-state index contributed by atoms with van der Waals surface area (Å²) in [6.07, 6.45) is 10.3. The minimum absolute atomic E-state index is 0.683. The van der Waals surface area contributed by atoms with Crippen LogP contribution in [0, 0.1) is 11.8 Å². The highest BCUT2D eigenvalue weighted by Gasteiger charge is 2.40. The van der Waals surface area contributed by atoms with Crippen LogP contribution in [0.5, 0.6) is 0 Å². The van der Waals surface area contributed by atoms with E-state index in [4.69, 9.17) is 0 Å². The second kappa shape index (κ2) is 4.46. The maximum atomic E-state index is 4.26. The Morgan fingerprint density at radius 3 is 3.26 bits per heavy atom. The zero-order valence-electron chi connectivity index (χ0n) is 10.9. The molecule has 4 rings (SSSR count). The van der Waals surface area contributed by atoms with Crippen LogP contribution >= 0.6 is 0 Å². The van der Waals surface area contributed by atoms with Crippen LogP contribution in [0.2, 0.25) is 0 Å². The summed E-state index contributed by atoms with van der Waals surface area (Å²) in [6, 6.07) is 6.69. The number of hydrogen-bond acceptors (Lipinski definition) is 3. The number of pyridine rings is 1. The van der Waals surface area contributed by atoms with E-state index in [2.05, 4.69) is 32.1 Å². The molecule has 0 amide bonds. The van der Waals surface area contributed by atoms with Crippen LogP contribution in [0.3, 0.4) is 0 Å². The van der Waals surface area contributed by atoms with E-state index in [0.29, 0.717) is 6.04 Å². The zero-order chi connectivity index (χ0) is 12.7. The molecule has 2 aromatic heterocycles. The Bertz CT molecular complexity index is 615. The van der Waals surface area contributed by atoms with E-state index in [1.165, 1.54) is 12.8 Å². The van der Waals surface area contributed by atoms with Gasteiger partial charge >= 0.3 is 0 Å². The molecule has 4 heteroatoms. The minimum atomic E-state index is 0.683. The SMILES string of the molecule is C1=C[C@@H]2[C@H](C1)C[C@@H]2NCCc1nnc2ccccn12. The third-order valence-corrected chi connectivity index (χ3v) is 4.50. The van der Waals surface area contributed by atoms with E-state index in [-0.39, 0.29) is 0 Å². The van der Waals surface area contributed by atoms with E-state index in [9.17, 15) is 0 Å². The number of allylic oxidation sites excluding steroid dienone is 1. The first kappa shape index (κ1) is 11.2. The van der Waals surface area contributed by atoms with E-state index in [1.807, 2.05) is 24.4 Å². The van der Waals surface area contributed by atoms with Gasteiger partial charge in [0.05, 0.1) is 0 Å². The molecule has 0 bridgehead atoms. The van der Waals surface area contributed by atoms with Crippen molar-refractivity contribution in [2.24, 2.45) is 11.8 Å². The number of rotatable bonds is 4. The molecule has 0 radical (unpaired) electrons. The van der Waals surface area contributed by atoms with Crippen molar-refractivity contribution >= 4 is 5.65 Å². The fraction of sp³-hybridized carbons (Fsp3) is 0.467. The van der Waals surface area contributed by atoms with Crippen LogP contribution in [-0.4, -0.2) is 27.2 Å². The molecule has 0 spiro atoms. The fourth-order valence-electron chi connectivity index (χ4n) is 3.38. The summed E-state index contributed by atoms with van der Waals surface area (Å²) in [6.45, 7) is 0.984. The van der Waals surface area contributed by atoms with E-state index in [1.54, 1.807) is 0 Å². The maximum Gasteiger partial charge on any atom is 0.160 e. The third-order valence-electron chi connectivity index (χ3n) is 4.50. The number of hydrogen-bond donors (Lipinski definition) is 1. The number of aromatic nitrogens is 3. The molecule has 1 fully saturated rings. The zero-order valence-corrected chi connectivity index (χ0v) is 10.9. The molecule has 3 atom stereocenters. The summed E-state index contributed by atoms with van der Waals surface area (Å²) >= 11 is 0. The van der Waals surface area contributed by atoms with Crippen molar-refractivity contribution in [3.05, 3.63) is 42.4 Å². The lowest BCUT2D eigenvalue weighted by Gasteiger charge is -2.40. The highest BCUT2D eigenvalue weighted by atomic mass is 15.2. The molecule has 19 heavy (non-hydrogen) atoms. The van der Waals surface area contributed by atoms with Gasteiger partial charge in [-0.25, -0.2) is 0 Å². The van der Waals surface area contributed by atoms with Crippen molar-refractivity contribution in [1.82, 2.24) is 19.9 Å². The lowest BCUT2D eigenvalue weighted by atomic mass is 9.71. The lowest BCUT2D eigenvalue weighted by Crippen LogP contribution is -2.48. The van der Waals surface area contributed by atoms with Crippen molar-refractivity contribution in [3.8, 4) is 0 Å². The standard InChI is InChI=1S/C15H18N4/c1-2-9-19-14(6-1)17-18-15(19)7-8-16-13-10-11-4-3-5-12(11)13/h1-3,5-6,9,11-13,16H,4,7-8,10H2/t11-,12-,13+/m1/s1. The summed E-state index contributed by atoms with van der Waals surface area (Å²) in [5, 5.41) is 12.1. The lowest BCUT2D eigenvalue weighted by molar-refractivity contribution is 0.164. The Kier molecular flexibility index (Phi) is 2.62. The maximum absolute atomic E-state index is 4.26. The molecule has 98 valence electrons. The highest BCUT2D eigenvalue weighted by Crippen LogP contribution is 2.42. The number of fused-ring (bicyclic) bond motifs is 2. The first-order valence-corrected chi connectivity index (χ1v) is 7.10. The number of nitrogens with one attached hydrogen (secondary N) is 1. The van der Waals surface area contributed by atoms with Crippen molar-refractivity contribution in [2.75, 3.05) is 6.54 Å². The predicted molar refractivity (Wildman–Crippen MR) is 73.8 cm³/mol. The van der Waals surface area contributed by atoms with Crippen LogP contribution in [-0.2, 0) is 6.42 Å². The van der Waals surface area contributed by atoms with Gasteiger partial charge in [-0.3, -0.25) is 4.40 Å². The van der Waals surface area contributed by atoms with Gasteiger partial charge in [-0.15, -0.1) is 10.2 Å². The molecule has 0 unspecified atom stereocenters. The third kappa shape index (κ3) is 1.87. The number of nitrogens with zero attached hydrogens (tertiary/aromatic N) is 3. The van der Waals surface area contributed by atoms with Crippen molar-refractivity contribution < 1.29 is 0 Å². The van der Waals surface area contributed by atoms with E-state index < -0.39 is 0 Å². The monoisotopic (exact) mass is 254 g/mol. The average Bonchev–Trinajstić information content (AvgIpc) is 2.99. The van der Waals surface area contributed by atoms with Gasteiger partial charge in [0, 0.05) is 25.2 Å². The Labute approximate surface area is 112 Å².